The van der Waals surface area contributed by atoms with Gasteiger partial charge in [-0.15, -0.1) is 0 Å². The first-order valence-corrected chi connectivity index (χ1v) is 6.94. The van der Waals surface area contributed by atoms with E-state index in [4.69, 9.17) is 9.47 Å². The minimum atomic E-state index is -1.34. The minimum Gasteiger partial charge on any atom is -0.494 e. The molecule has 6 nitrogen and oxygen atoms in total. The number of carbonyl (C=O) groups excluding carboxylic acids is 1. The number of carbonyl (C=O) groups is 2. The Morgan fingerprint density at radius 1 is 1.48 bits per heavy atom. The monoisotopic (exact) mass is 293 g/mol. The second-order valence-corrected chi connectivity index (χ2v) is 5.02. The van der Waals surface area contributed by atoms with Crippen LogP contribution in [0.5, 0.6) is 5.75 Å². The Kier molecular flexibility index (Phi) is 4.80. The van der Waals surface area contributed by atoms with Gasteiger partial charge in [0.05, 0.1) is 13.2 Å². The van der Waals surface area contributed by atoms with Gasteiger partial charge in [0.25, 0.3) is 5.91 Å². The molecule has 0 spiro atoms. The number of hydrogen-bond acceptors (Lipinski definition) is 4. The average molecular weight is 293 g/mol. The van der Waals surface area contributed by atoms with Gasteiger partial charge >= 0.3 is 5.97 Å². The maximum Gasteiger partial charge on any atom is 0.331 e. The number of amides is 1. The smallest absolute Gasteiger partial charge is 0.331 e. The summed E-state index contributed by atoms with van der Waals surface area (Å²) in [4.78, 5) is 23.6. The van der Waals surface area contributed by atoms with E-state index in [-0.39, 0.29) is 13.0 Å². The molecule has 0 radical (unpaired) electrons. The highest BCUT2D eigenvalue weighted by molar-refractivity contribution is 5.98. The van der Waals surface area contributed by atoms with E-state index in [1.807, 2.05) is 6.92 Å². The van der Waals surface area contributed by atoms with Crippen molar-refractivity contribution < 1.29 is 24.2 Å². The summed E-state index contributed by atoms with van der Waals surface area (Å²) in [5.74, 6) is -0.923. The topological polar surface area (TPSA) is 84.9 Å². The molecule has 1 atom stereocenters. The van der Waals surface area contributed by atoms with Crippen molar-refractivity contribution in [3.8, 4) is 5.75 Å². The van der Waals surface area contributed by atoms with E-state index in [0.29, 0.717) is 24.5 Å². The second kappa shape index (κ2) is 6.58. The van der Waals surface area contributed by atoms with Gasteiger partial charge < -0.3 is 19.9 Å². The summed E-state index contributed by atoms with van der Waals surface area (Å²) >= 11 is 0. The molecule has 1 aromatic carbocycles. The van der Waals surface area contributed by atoms with Crippen LogP contribution in [0.25, 0.3) is 0 Å². The van der Waals surface area contributed by atoms with Crippen molar-refractivity contribution in [1.29, 1.82) is 0 Å². The molecule has 2 rings (SSSR count). The Bertz CT molecular complexity index is 523. The van der Waals surface area contributed by atoms with Gasteiger partial charge in [0, 0.05) is 18.6 Å². The molecule has 0 aromatic heterocycles. The predicted octanol–water partition coefficient (Wildman–Crippen LogP) is 1.45. The molecule has 21 heavy (non-hydrogen) atoms. The molecule has 1 aromatic rings. The summed E-state index contributed by atoms with van der Waals surface area (Å²) < 4.78 is 10.6. The molecular formula is C15H19NO5. The number of aliphatic carboxylic acids is 1. The first-order valence-electron chi connectivity index (χ1n) is 6.94. The number of carboxylic acids is 1. The van der Waals surface area contributed by atoms with Crippen molar-refractivity contribution in [2.75, 3.05) is 19.8 Å². The SMILES string of the molecule is CCCOc1cccc(C(=O)NC2(C(=O)O)CCOC2)c1. The van der Waals surface area contributed by atoms with Gasteiger partial charge in [0.2, 0.25) is 0 Å². The molecule has 1 fully saturated rings. The molecular weight excluding hydrogens is 274 g/mol. The first-order chi connectivity index (χ1) is 10.1. The molecule has 1 unspecified atom stereocenters. The molecule has 0 aliphatic carbocycles. The first kappa shape index (κ1) is 15.3. The lowest BCUT2D eigenvalue weighted by atomic mass is 9.98. The van der Waals surface area contributed by atoms with Crippen LogP contribution in [-0.2, 0) is 9.53 Å². The van der Waals surface area contributed by atoms with Crippen LogP contribution < -0.4 is 10.1 Å². The molecule has 1 amide bonds. The lowest BCUT2D eigenvalue weighted by molar-refractivity contribution is -0.144. The Morgan fingerprint density at radius 3 is 2.90 bits per heavy atom. The van der Waals surface area contributed by atoms with Crippen LogP contribution in [0.1, 0.15) is 30.1 Å². The number of ether oxygens (including phenoxy) is 2. The molecule has 1 saturated heterocycles. The Balaban J connectivity index is 2.10. The Labute approximate surface area is 123 Å². The lowest BCUT2D eigenvalue weighted by Gasteiger charge is -2.23. The lowest BCUT2D eigenvalue weighted by Crippen LogP contribution is -2.55. The molecule has 0 saturated carbocycles. The van der Waals surface area contributed by atoms with Crippen molar-refractivity contribution in [1.82, 2.24) is 5.32 Å². The summed E-state index contributed by atoms with van der Waals surface area (Å²) in [6.45, 7) is 2.87. The van der Waals surface area contributed by atoms with Gasteiger partial charge in [0.1, 0.15) is 5.75 Å². The zero-order valence-corrected chi connectivity index (χ0v) is 11.9. The highest BCUT2D eigenvalue weighted by Crippen LogP contribution is 2.21. The van der Waals surface area contributed by atoms with Gasteiger partial charge in [-0.1, -0.05) is 13.0 Å². The van der Waals surface area contributed by atoms with Gasteiger partial charge in [0.15, 0.2) is 5.54 Å². The summed E-state index contributed by atoms with van der Waals surface area (Å²) in [5.41, 5.74) is -0.965. The van der Waals surface area contributed by atoms with Gasteiger partial charge in [-0.25, -0.2) is 4.79 Å². The van der Waals surface area contributed by atoms with E-state index >= 15 is 0 Å². The van der Waals surface area contributed by atoms with E-state index in [9.17, 15) is 14.7 Å². The van der Waals surface area contributed by atoms with Gasteiger partial charge in [-0.05, 0) is 24.6 Å². The maximum atomic E-state index is 12.3. The van der Waals surface area contributed by atoms with Crippen LogP contribution >= 0.6 is 0 Å². The molecule has 0 bridgehead atoms. The van der Waals surface area contributed by atoms with Crippen LogP contribution in [0.15, 0.2) is 24.3 Å². The maximum absolute atomic E-state index is 12.3. The van der Waals surface area contributed by atoms with E-state index in [1.165, 1.54) is 0 Å². The van der Waals surface area contributed by atoms with Crippen LogP contribution in [0, 0.1) is 0 Å². The summed E-state index contributed by atoms with van der Waals surface area (Å²) in [6.07, 6.45) is 1.13. The fourth-order valence-electron chi connectivity index (χ4n) is 2.12. The second-order valence-electron chi connectivity index (χ2n) is 5.02. The summed E-state index contributed by atoms with van der Waals surface area (Å²) in [6, 6.07) is 6.70. The zero-order chi connectivity index (χ0) is 15.3. The van der Waals surface area contributed by atoms with Crippen molar-refractivity contribution in [3.05, 3.63) is 29.8 Å². The number of nitrogens with one attached hydrogen (secondary N) is 1. The van der Waals surface area contributed by atoms with Crippen molar-refractivity contribution in [2.45, 2.75) is 25.3 Å². The van der Waals surface area contributed by atoms with Crippen LogP contribution in [0.2, 0.25) is 0 Å². The molecule has 2 N–H and O–H groups in total. The fraction of sp³-hybridized carbons (Fsp3) is 0.467. The molecule has 1 heterocycles. The van der Waals surface area contributed by atoms with Gasteiger partial charge in [-0.2, -0.15) is 0 Å². The normalized spacial score (nSPS) is 21.0. The standard InChI is InChI=1S/C15H19NO5/c1-2-7-21-12-5-3-4-11(9-12)13(17)16-15(14(18)19)6-8-20-10-15/h3-5,9H,2,6-8,10H2,1H3,(H,16,17)(H,18,19). The third-order valence-electron chi connectivity index (χ3n) is 3.35. The highest BCUT2D eigenvalue weighted by Gasteiger charge is 2.44. The zero-order valence-electron chi connectivity index (χ0n) is 11.9. The van der Waals surface area contributed by atoms with E-state index in [1.54, 1.807) is 24.3 Å². The van der Waals surface area contributed by atoms with Gasteiger partial charge in [-0.3, -0.25) is 4.79 Å². The molecule has 6 heteroatoms. The number of benzene rings is 1. The van der Waals surface area contributed by atoms with E-state index < -0.39 is 17.4 Å². The number of carboxylic acid groups (broad SMARTS) is 1. The number of hydrogen-bond donors (Lipinski definition) is 2. The number of rotatable bonds is 6. The quantitative estimate of drug-likeness (QED) is 0.829. The highest BCUT2D eigenvalue weighted by atomic mass is 16.5. The third-order valence-corrected chi connectivity index (χ3v) is 3.35. The van der Waals surface area contributed by atoms with Crippen molar-refractivity contribution in [3.63, 3.8) is 0 Å². The van der Waals surface area contributed by atoms with E-state index in [2.05, 4.69) is 5.32 Å². The largest absolute Gasteiger partial charge is 0.494 e. The van der Waals surface area contributed by atoms with Crippen molar-refractivity contribution >= 4 is 11.9 Å². The van der Waals surface area contributed by atoms with Crippen LogP contribution in [0.4, 0.5) is 0 Å². The minimum absolute atomic E-state index is 0.0138. The predicted molar refractivity (Wildman–Crippen MR) is 75.5 cm³/mol. The molecule has 114 valence electrons. The Morgan fingerprint density at radius 2 is 2.29 bits per heavy atom. The fourth-order valence-corrected chi connectivity index (χ4v) is 2.12. The van der Waals surface area contributed by atoms with Crippen molar-refractivity contribution in [2.24, 2.45) is 0 Å². The molecule has 1 aliphatic rings. The average Bonchev–Trinajstić information content (AvgIpc) is 2.95. The summed E-state index contributed by atoms with van der Waals surface area (Å²) in [5, 5.41) is 11.9. The van der Waals surface area contributed by atoms with Crippen LogP contribution in [0.3, 0.4) is 0 Å². The van der Waals surface area contributed by atoms with E-state index in [0.717, 1.165) is 6.42 Å². The third kappa shape index (κ3) is 3.52. The molecule has 1 aliphatic heterocycles. The summed E-state index contributed by atoms with van der Waals surface area (Å²) in [7, 11) is 0. The van der Waals surface area contributed by atoms with Crippen LogP contribution in [-0.4, -0.2) is 42.3 Å². The Hall–Kier alpha value is -2.08.